The molecule has 6 nitrogen and oxygen atoms in total. The second kappa shape index (κ2) is 7.68. The summed E-state index contributed by atoms with van der Waals surface area (Å²) < 4.78 is 8.76. The third-order valence-electron chi connectivity index (χ3n) is 4.92. The van der Waals surface area contributed by atoms with Gasteiger partial charge in [-0.15, -0.1) is 0 Å². The number of aromatic nitrogens is 3. The fraction of sp³-hybridized carbons (Fsp3) is 0.350. The summed E-state index contributed by atoms with van der Waals surface area (Å²) in [5.41, 5.74) is 2.21. The van der Waals surface area contributed by atoms with Gasteiger partial charge in [-0.3, -0.25) is 4.79 Å². The van der Waals surface area contributed by atoms with Gasteiger partial charge in [0.15, 0.2) is 0 Å². The normalized spacial score (nSPS) is 17.3. The molecule has 2 aromatic heterocycles. The number of fused-ring (bicyclic) bond motifs is 1. The lowest BCUT2D eigenvalue weighted by Crippen LogP contribution is -2.45. The lowest BCUT2D eigenvalue weighted by atomic mass is 10.1. The Kier molecular flexibility index (Phi) is 5.11. The van der Waals surface area contributed by atoms with Gasteiger partial charge in [0, 0.05) is 43.1 Å². The average Bonchev–Trinajstić information content (AvgIpc) is 3.00. The number of para-hydroxylation sites is 1. The number of hydrogen-bond donors (Lipinski definition) is 0. The molecule has 1 saturated heterocycles. The Labute approximate surface area is 166 Å². The summed E-state index contributed by atoms with van der Waals surface area (Å²) in [6.07, 6.45) is 7.53. The predicted molar refractivity (Wildman–Crippen MR) is 107 cm³/mol. The number of halogens is 1. The largest absolute Gasteiger partial charge is 0.458 e. The molecular weight excluding hydrogens is 408 g/mol. The average molecular weight is 429 g/mol. The molecule has 0 radical (unpaired) electrons. The van der Waals surface area contributed by atoms with Gasteiger partial charge in [-0.05, 0) is 40.4 Å². The van der Waals surface area contributed by atoms with Crippen molar-refractivity contribution in [3.8, 4) is 6.01 Å². The third kappa shape index (κ3) is 3.98. The highest BCUT2D eigenvalue weighted by atomic mass is 79.9. The van der Waals surface area contributed by atoms with Crippen LogP contribution < -0.4 is 4.74 Å². The molecule has 1 aromatic carbocycles. The van der Waals surface area contributed by atoms with Crippen molar-refractivity contribution in [3.63, 3.8) is 0 Å². The molecule has 1 amide bonds. The van der Waals surface area contributed by atoms with E-state index in [0.29, 0.717) is 19.0 Å². The standard InChI is InChI=1S/C20H21BrN4O2/c1-24-12-14(17-6-2-3-7-18(17)24)9-19(26)25-8-4-5-16(13-25)27-20-22-10-15(21)11-23-20/h2-3,6-7,10-12,16H,4-5,8-9,13H2,1H3. The van der Waals surface area contributed by atoms with Gasteiger partial charge < -0.3 is 14.2 Å². The zero-order valence-corrected chi connectivity index (χ0v) is 16.7. The summed E-state index contributed by atoms with van der Waals surface area (Å²) in [5, 5.41) is 1.14. The number of amides is 1. The van der Waals surface area contributed by atoms with E-state index in [-0.39, 0.29) is 12.0 Å². The maximum atomic E-state index is 12.9. The van der Waals surface area contributed by atoms with Crippen molar-refractivity contribution in [1.29, 1.82) is 0 Å². The Balaban J connectivity index is 1.43. The second-order valence-corrected chi connectivity index (χ2v) is 7.78. The minimum Gasteiger partial charge on any atom is -0.458 e. The predicted octanol–water partition coefficient (Wildman–Crippen LogP) is 3.34. The summed E-state index contributed by atoms with van der Waals surface area (Å²) in [7, 11) is 2.01. The van der Waals surface area contributed by atoms with Crippen molar-refractivity contribution in [1.82, 2.24) is 19.4 Å². The van der Waals surface area contributed by atoms with E-state index in [9.17, 15) is 4.79 Å². The van der Waals surface area contributed by atoms with Crippen LogP contribution in [-0.4, -0.2) is 44.5 Å². The number of ether oxygens (including phenoxy) is 1. The number of nitrogens with zero attached hydrogens (tertiary/aromatic N) is 4. The number of aryl methyl sites for hydroxylation is 1. The molecule has 3 heterocycles. The van der Waals surface area contributed by atoms with E-state index in [1.54, 1.807) is 12.4 Å². The quantitative estimate of drug-likeness (QED) is 0.639. The molecule has 4 rings (SSSR count). The minimum atomic E-state index is -0.0728. The van der Waals surface area contributed by atoms with E-state index in [0.717, 1.165) is 40.3 Å². The van der Waals surface area contributed by atoms with Crippen LogP contribution in [0.15, 0.2) is 47.3 Å². The Hall–Kier alpha value is -2.41. The first kappa shape index (κ1) is 18.0. The van der Waals surface area contributed by atoms with E-state index >= 15 is 0 Å². The van der Waals surface area contributed by atoms with Crippen molar-refractivity contribution in [2.24, 2.45) is 7.05 Å². The van der Waals surface area contributed by atoms with Gasteiger partial charge in [0.1, 0.15) is 6.10 Å². The van der Waals surface area contributed by atoms with E-state index in [2.05, 4.69) is 48.8 Å². The fourth-order valence-electron chi connectivity index (χ4n) is 3.61. The first-order valence-electron chi connectivity index (χ1n) is 9.05. The van der Waals surface area contributed by atoms with Crippen LogP contribution in [0, 0.1) is 0 Å². The maximum Gasteiger partial charge on any atom is 0.316 e. The molecule has 1 aliphatic rings. The lowest BCUT2D eigenvalue weighted by molar-refractivity contribution is -0.133. The Morgan fingerprint density at radius 2 is 2.07 bits per heavy atom. The van der Waals surface area contributed by atoms with Gasteiger partial charge in [-0.1, -0.05) is 18.2 Å². The van der Waals surface area contributed by atoms with E-state index in [1.807, 2.05) is 24.1 Å². The van der Waals surface area contributed by atoms with E-state index in [1.165, 1.54) is 0 Å². The van der Waals surface area contributed by atoms with Crippen LogP contribution in [0.3, 0.4) is 0 Å². The minimum absolute atomic E-state index is 0.0728. The molecule has 1 aliphatic heterocycles. The van der Waals surface area contributed by atoms with Crippen LogP contribution in [0.5, 0.6) is 6.01 Å². The molecule has 27 heavy (non-hydrogen) atoms. The smallest absolute Gasteiger partial charge is 0.316 e. The first-order valence-corrected chi connectivity index (χ1v) is 9.84. The van der Waals surface area contributed by atoms with Crippen LogP contribution in [0.25, 0.3) is 10.9 Å². The summed E-state index contributed by atoms with van der Waals surface area (Å²) in [6.45, 7) is 1.34. The van der Waals surface area contributed by atoms with Gasteiger partial charge in [-0.25, -0.2) is 9.97 Å². The maximum absolute atomic E-state index is 12.9. The number of hydrogen-bond acceptors (Lipinski definition) is 4. The summed E-state index contributed by atoms with van der Waals surface area (Å²) >= 11 is 3.31. The third-order valence-corrected chi connectivity index (χ3v) is 5.33. The molecule has 0 aliphatic carbocycles. The number of rotatable bonds is 4. The SMILES string of the molecule is Cn1cc(CC(=O)N2CCCC(Oc3ncc(Br)cn3)C2)c2ccccc21. The van der Waals surface area contributed by atoms with Gasteiger partial charge >= 0.3 is 6.01 Å². The first-order chi connectivity index (χ1) is 13.1. The zero-order valence-electron chi connectivity index (χ0n) is 15.1. The second-order valence-electron chi connectivity index (χ2n) is 6.86. The van der Waals surface area contributed by atoms with Gasteiger partial charge in [0.05, 0.1) is 17.4 Å². The highest BCUT2D eigenvalue weighted by Crippen LogP contribution is 2.22. The molecule has 1 unspecified atom stereocenters. The number of likely N-dealkylation sites (tertiary alicyclic amines) is 1. The Bertz CT molecular complexity index is 954. The van der Waals surface area contributed by atoms with Crippen LogP contribution in [-0.2, 0) is 18.3 Å². The van der Waals surface area contributed by atoms with Gasteiger partial charge in [0.25, 0.3) is 0 Å². The molecular formula is C20H21BrN4O2. The van der Waals surface area contributed by atoms with Crippen LogP contribution in [0.2, 0.25) is 0 Å². The zero-order chi connectivity index (χ0) is 18.8. The highest BCUT2D eigenvalue weighted by Gasteiger charge is 2.26. The van der Waals surface area contributed by atoms with Crippen molar-refractivity contribution < 1.29 is 9.53 Å². The topological polar surface area (TPSA) is 60.2 Å². The Morgan fingerprint density at radius 1 is 1.30 bits per heavy atom. The molecule has 0 N–H and O–H groups in total. The molecule has 0 bridgehead atoms. The highest BCUT2D eigenvalue weighted by molar-refractivity contribution is 9.10. The number of carbonyl (C=O) groups excluding carboxylic acids is 1. The summed E-state index contributed by atoms with van der Waals surface area (Å²) in [6, 6.07) is 8.54. The molecule has 140 valence electrons. The van der Waals surface area contributed by atoms with Crippen molar-refractivity contribution >= 4 is 32.7 Å². The van der Waals surface area contributed by atoms with E-state index in [4.69, 9.17) is 4.74 Å². The van der Waals surface area contributed by atoms with Gasteiger partial charge in [-0.2, -0.15) is 0 Å². The molecule has 3 aromatic rings. The lowest BCUT2D eigenvalue weighted by Gasteiger charge is -2.32. The number of piperidine rings is 1. The Morgan fingerprint density at radius 3 is 2.89 bits per heavy atom. The monoisotopic (exact) mass is 428 g/mol. The number of benzene rings is 1. The van der Waals surface area contributed by atoms with Crippen LogP contribution in [0.4, 0.5) is 0 Å². The van der Waals surface area contributed by atoms with Crippen molar-refractivity contribution in [2.45, 2.75) is 25.4 Å². The van der Waals surface area contributed by atoms with Crippen molar-refractivity contribution in [3.05, 3.63) is 52.9 Å². The molecule has 1 fully saturated rings. The van der Waals surface area contributed by atoms with Crippen LogP contribution in [0.1, 0.15) is 18.4 Å². The molecule has 7 heteroatoms. The molecule has 0 spiro atoms. The van der Waals surface area contributed by atoms with E-state index < -0.39 is 0 Å². The summed E-state index contributed by atoms with van der Waals surface area (Å²) in [4.78, 5) is 23.1. The molecule has 0 saturated carbocycles. The van der Waals surface area contributed by atoms with Crippen LogP contribution >= 0.6 is 15.9 Å². The van der Waals surface area contributed by atoms with Gasteiger partial charge in [0.2, 0.25) is 5.91 Å². The summed E-state index contributed by atoms with van der Waals surface area (Å²) in [5.74, 6) is 0.136. The fourth-order valence-corrected chi connectivity index (χ4v) is 3.82. The molecule has 1 atom stereocenters. The number of carbonyl (C=O) groups is 1. The van der Waals surface area contributed by atoms with Crippen molar-refractivity contribution in [2.75, 3.05) is 13.1 Å².